The van der Waals surface area contributed by atoms with E-state index < -0.39 is 0 Å². The van der Waals surface area contributed by atoms with Gasteiger partial charge in [0.25, 0.3) is 0 Å². The zero-order chi connectivity index (χ0) is 9.14. The molecule has 12 heavy (non-hydrogen) atoms. The maximum absolute atomic E-state index is 11.2. The fourth-order valence-corrected chi connectivity index (χ4v) is 0.958. The Kier molecular flexibility index (Phi) is 2.58. The third-order valence-corrected chi connectivity index (χ3v) is 1.98. The molecule has 1 aromatic heterocycles. The lowest BCUT2D eigenvalue weighted by molar-refractivity contribution is 0.0983. The smallest absolute Gasteiger partial charge is 0.180 e. The van der Waals surface area contributed by atoms with Gasteiger partial charge >= 0.3 is 0 Å². The summed E-state index contributed by atoms with van der Waals surface area (Å²) in [6.07, 6.45) is 2.27. The van der Waals surface area contributed by atoms with E-state index in [-0.39, 0.29) is 5.78 Å². The minimum absolute atomic E-state index is 0.109. The second kappa shape index (κ2) is 3.48. The molecule has 0 amide bonds. The van der Waals surface area contributed by atoms with Crippen LogP contribution in [0.25, 0.3) is 0 Å². The van der Waals surface area contributed by atoms with E-state index in [9.17, 15) is 4.79 Å². The van der Waals surface area contributed by atoms with Crippen LogP contribution >= 0.6 is 0 Å². The number of carbonyl (C=O) groups is 1. The Morgan fingerprint density at radius 3 is 2.58 bits per heavy atom. The molecule has 0 fully saturated rings. The van der Waals surface area contributed by atoms with Crippen molar-refractivity contribution in [2.45, 2.75) is 27.2 Å². The van der Waals surface area contributed by atoms with Crippen LogP contribution in [0.2, 0.25) is 0 Å². The van der Waals surface area contributed by atoms with Crippen LogP contribution in [0.5, 0.6) is 0 Å². The molecule has 0 aliphatic heterocycles. The normalized spacial score (nSPS) is 9.92. The number of aromatic nitrogens is 1. The van der Waals surface area contributed by atoms with E-state index in [1.165, 1.54) is 0 Å². The molecule has 1 aromatic rings. The predicted molar refractivity (Wildman–Crippen MR) is 48.3 cm³/mol. The summed E-state index contributed by atoms with van der Waals surface area (Å²) in [6, 6.07) is 1.85. The van der Waals surface area contributed by atoms with Gasteiger partial charge in [-0.15, -0.1) is 0 Å². The first-order valence-electron chi connectivity index (χ1n) is 4.11. The summed E-state index contributed by atoms with van der Waals surface area (Å²) in [5.74, 6) is 0.109. The van der Waals surface area contributed by atoms with E-state index in [0.29, 0.717) is 12.1 Å². The van der Waals surface area contributed by atoms with Crippen molar-refractivity contribution in [2.75, 3.05) is 0 Å². The molecule has 0 spiro atoms. The van der Waals surface area contributed by atoms with Crippen molar-refractivity contribution >= 4 is 5.78 Å². The number of pyridine rings is 1. The molecule has 2 heteroatoms. The highest BCUT2D eigenvalue weighted by Crippen LogP contribution is 2.07. The number of carbonyl (C=O) groups excluding carboxylic acids is 1. The average molecular weight is 163 g/mol. The number of ketones is 1. The molecule has 64 valence electrons. The SMILES string of the molecule is CCC(=O)c1cc(C)c(C)cn1. The molecule has 1 heterocycles. The van der Waals surface area contributed by atoms with Gasteiger partial charge in [0, 0.05) is 12.6 Å². The van der Waals surface area contributed by atoms with Crippen LogP contribution in [-0.2, 0) is 0 Å². The average Bonchev–Trinajstić information content (AvgIpc) is 2.08. The van der Waals surface area contributed by atoms with E-state index in [1.807, 2.05) is 26.8 Å². The van der Waals surface area contributed by atoms with Gasteiger partial charge in [-0.05, 0) is 31.0 Å². The molecule has 0 saturated carbocycles. The Bertz CT molecular complexity index is 305. The zero-order valence-electron chi connectivity index (χ0n) is 7.72. The fourth-order valence-electron chi connectivity index (χ4n) is 0.958. The summed E-state index contributed by atoms with van der Waals surface area (Å²) < 4.78 is 0. The summed E-state index contributed by atoms with van der Waals surface area (Å²) in [6.45, 7) is 5.82. The number of hydrogen-bond acceptors (Lipinski definition) is 2. The molecule has 1 rings (SSSR count). The van der Waals surface area contributed by atoms with Crippen LogP contribution in [0.1, 0.15) is 35.0 Å². The lowest BCUT2D eigenvalue weighted by Crippen LogP contribution is -2.01. The molecular formula is C10H13NO. The Hall–Kier alpha value is -1.18. The molecule has 2 nitrogen and oxygen atoms in total. The van der Waals surface area contributed by atoms with Gasteiger partial charge in [-0.25, -0.2) is 0 Å². The highest BCUT2D eigenvalue weighted by atomic mass is 16.1. The number of aryl methyl sites for hydroxylation is 2. The third-order valence-electron chi connectivity index (χ3n) is 1.98. The Labute approximate surface area is 72.6 Å². The van der Waals surface area contributed by atoms with E-state index in [4.69, 9.17) is 0 Å². The molecule has 0 aromatic carbocycles. The number of hydrogen-bond donors (Lipinski definition) is 0. The van der Waals surface area contributed by atoms with Gasteiger partial charge in [0.15, 0.2) is 5.78 Å². The first kappa shape index (κ1) is 8.91. The molecular weight excluding hydrogens is 150 g/mol. The number of nitrogens with zero attached hydrogens (tertiary/aromatic N) is 1. The Morgan fingerprint density at radius 1 is 1.42 bits per heavy atom. The standard InChI is InChI=1S/C10H13NO/c1-4-10(12)9-5-7(2)8(3)6-11-9/h5-6H,4H2,1-3H3. The van der Waals surface area contributed by atoms with Crippen LogP contribution < -0.4 is 0 Å². The minimum atomic E-state index is 0.109. The highest BCUT2D eigenvalue weighted by molar-refractivity contribution is 5.94. The van der Waals surface area contributed by atoms with Crippen molar-refractivity contribution in [3.63, 3.8) is 0 Å². The topological polar surface area (TPSA) is 30.0 Å². The van der Waals surface area contributed by atoms with Gasteiger partial charge in [0.1, 0.15) is 5.69 Å². The Balaban J connectivity index is 3.05. The number of Topliss-reactive ketones (excluding diaryl/α,β-unsaturated/α-hetero) is 1. The van der Waals surface area contributed by atoms with E-state index >= 15 is 0 Å². The quantitative estimate of drug-likeness (QED) is 0.626. The van der Waals surface area contributed by atoms with Gasteiger partial charge in [-0.3, -0.25) is 9.78 Å². The Morgan fingerprint density at radius 2 is 2.08 bits per heavy atom. The monoisotopic (exact) mass is 163 g/mol. The van der Waals surface area contributed by atoms with E-state index in [2.05, 4.69) is 4.98 Å². The van der Waals surface area contributed by atoms with E-state index in [1.54, 1.807) is 6.20 Å². The lowest BCUT2D eigenvalue weighted by atomic mass is 10.1. The van der Waals surface area contributed by atoms with Crippen molar-refractivity contribution in [3.8, 4) is 0 Å². The third kappa shape index (κ3) is 1.70. The van der Waals surface area contributed by atoms with Gasteiger partial charge in [-0.2, -0.15) is 0 Å². The van der Waals surface area contributed by atoms with Crippen LogP contribution in [0.3, 0.4) is 0 Å². The van der Waals surface area contributed by atoms with Gasteiger partial charge in [0.05, 0.1) is 0 Å². The molecule has 0 aliphatic rings. The largest absolute Gasteiger partial charge is 0.292 e. The fraction of sp³-hybridized carbons (Fsp3) is 0.400. The zero-order valence-corrected chi connectivity index (χ0v) is 7.72. The molecule has 0 saturated heterocycles. The summed E-state index contributed by atoms with van der Waals surface area (Å²) >= 11 is 0. The van der Waals surface area contributed by atoms with Gasteiger partial charge < -0.3 is 0 Å². The second-order valence-electron chi connectivity index (χ2n) is 2.93. The summed E-state index contributed by atoms with van der Waals surface area (Å²) in [4.78, 5) is 15.3. The summed E-state index contributed by atoms with van der Waals surface area (Å²) in [7, 11) is 0. The molecule has 0 N–H and O–H groups in total. The second-order valence-corrected chi connectivity index (χ2v) is 2.93. The van der Waals surface area contributed by atoms with Crippen LogP contribution in [0, 0.1) is 13.8 Å². The highest BCUT2D eigenvalue weighted by Gasteiger charge is 2.04. The van der Waals surface area contributed by atoms with Crippen molar-refractivity contribution in [2.24, 2.45) is 0 Å². The van der Waals surface area contributed by atoms with Crippen molar-refractivity contribution in [3.05, 3.63) is 29.1 Å². The minimum Gasteiger partial charge on any atom is -0.292 e. The summed E-state index contributed by atoms with van der Waals surface area (Å²) in [5.41, 5.74) is 2.84. The van der Waals surface area contributed by atoms with Crippen molar-refractivity contribution in [1.82, 2.24) is 4.98 Å². The maximum Gasteiger partial charge on any atom is 0.180 e. The van der Waals surface area contributed by atoms with Crippen LogP contribution in [0.4, 0.5) is 0 Å². The lowest BCUT2D eigenvalue weighted by Gasteiger charge is -2.01. The van der Waals surface area contributed by atoms with Crippen molar-refractivity contribution < 1.29 is 4.79 Å². The first-order valence-corrected chi connectivity index (χ1v) is 4.11. The molecule has 0 bridgehead atoms. The van der Waals surface area contributed by atoms with Crippen LogP contribution in [0.15, 0.2) is 12.3 Å². The molecule has 0 aliphatic carbocycles. The molecule has 0 unspecified atom stereocenters. The predicted octanol–water partition coefficient (Wildman–Crippen LogP) is 2.29. The molecule has 0 atom stereocenters. The maximum atomic E-state index is 11.2. The van der Waals surface area contributed by atoms with E-state index in [0.717, 1.165) is 11.1 Å². The first-order chi connectivity index (χ1) is 5.65. The van der Waals surface area contributed by atoms with Crippen molar-refractivity contribution in [1.29, 1.82) is 0 Å². The van der Waals surface area contributed by atoms with Gasteiger partial charge in [-0.1, -0.05) is 6.92 Å². The van der Waals surface area contributed by atoms with Gasteiger partial charge in [0.2, 0.25) is 0 Å². The molecule has 0 radical (unpaired) electrons. The van der Waals surface area contributed by atoms with Crippen LogP contribution in [-0.4, -0.2) is 10.8 Å². The number of rotatable bonds is 2. The summed E-state index contributed by atoms with van der Waals surface area (Å²) in [5, 5.41) is 0.